The molecule has 1 aliphatic carbocycles. The highest BCUT2D eigenvalue weighted by molar-refractivity contribution is 7.89. The molecule has 17 heavy (non-hydrogen) atoms. The van der Waals surface area contributed by atoms with E-state index < -0.39 is 10.0 Å². The van der Waals surface area contributed by atoms with Crippen molar-refractivity contribution in [1.82, 2.24) is 14.1 Å². The summed E-state index contributed by atoms with van der Waals surface area (Å²) >= 11 is 0. The fraction of sp³-hybridized carbons (Fsp3) is 0.700. The van der Waals surface area contributed by atoms with Gasteiger partial charge in [0.05, 0.1) is 6.20 Å². The van der Waals surface area contributed by atoms with Crippen LogP contribution in [-0.2, 0) is 16.6 Å². The summed E-state index contributed by atoms with van der Waals surface area (Å²) in [7, 11) is -1.73. The largest absolute Gasteiger partial charge is 0.330 e. The summed E-state index contributed by atoms with van der Waals surface area (Å²) < 4.78 is 27.4. The molecule has 1 aromatic rings. The first-order valence-electron chi connectivity index (χ1n) is 5.76. The summed E-state index contributed by atoms with van der Waals surface area (Å²) in [6.07, 6.45) is 5.68. The number of aromatic nitrogens is 2. The van der Waals surface area contributed by atoms with E-state index in [2.05, 4.69) is 5.10 Å². The molecule has 0 spiro atoms. The Morgan fingerprint density at radius 2 is 2.29 bits per heavy atom. The van der Waals surface area contributed by atoms with E-state index in [1.165, 1.54) is 10.5 Å². The molecule has 7 heteroatoms. The first-order valence-corrected chi connectivity index (χ1v) is 7.20. The number of rotatable bonds is 6. The van der Waals surface area contributed by atoms with Crippen LogP contribution in [0.2, 0.25) is 0 Å². The van der Waals surface area contributed by atoms with Crippen LogP contribution in [0, 0.1) is 0 Å². The normalized spacial score (nSPS) is 16.6. The SMILES string of the molecule is CN(C1CC1)S(=O)(=O)c1cnn(CCCN)c1. The van der Waals surface area contributed by atoms with Gasteiger partial charge in [-0.15, -0.1) is 0 Å². The first-order chi connectivity index (χ1) is 8.05. The maximum Gasteiger partial charge on any atom is 0.246 e. The smallest absolute Gasteiger partial charge is 0.246 e. The fourth-order valence-corrected chi connectivity index (χ4v) is 3.03. The van der Waals surface area contributed by atoms with Crippen LogP contribution < -0.4 is 5.73 Å². The second-order valence-electron chi connectivity index (χ2n) is 4.33. The third-order valence-corrected chi connectivity index (χ3v) is 4.80. The third kappa shape index (κ3) is 2.67. The Bertz CT molecular complexity index is 478. The number of nitrogens with zero attached hydrogens (tertiary/aromatic N) is 3. The van der Waals surface area contributed by atoms with Crippen LogP contribution in [0.25, 0.3) is 0 Å². The summed E-state index contributed by atoms with van der Waals surface area (Å²) in [5, 5.41) is 4.04. The van der Waals surface area contributed by atoms with Gasteiger partial charge in [0.2, 0.25) is 10.0 Å². The molecule has 0 aromatic carbocycles. The van der Waals surface area contributed by atoms with Crippen molar-refractivity contribution in [3.63, 3.8) is 0 Å². The van der Waals surface area contributed by atoms with Crippen molar-refractivity contribution in [3.05, 3.63) is 12.4 Å². The molecule has 0 unspecified atom stereocenters. The lowest BCUT2D eigenvalue weighted by Gasteiger charge is -2.14. The van der Waals surface area contributed by atoms with Crippen molar-refractivity contribution >= 4 is 10.0 Å². The Morgan fingerprint density at radius 1 is 1.59 bits per heavy atom. The van der Waals surface area contributed by atoms with E-state index in [1.54, 1.807) is 17.9 Å². The van der Waals surface area contributed by atoms with Crippen molar-refractivity contribution in [2.75, 3.05) is 13.6 Å². The molecule has 0 aliphatic heterocycles. The molecule has 1 heterocycles. The van der Waals surface area contributed by atoms with Crippen molar-refractivity contribution in [3.8, 4) is 0 Å². The Hall–Kier alpha value is -0.920. The predicted molar refractivity (Wildman–Crippen MR) is 63.9 cm³/mol. The van der Waals surface area contributed by atoms with Crippen LogP contribution in [-0.4, -0.2) is 42.1 Å². The van der Waals surface area contributed by atoms with E-state index in [9.17, 15) is 8.42 Å². The summed E-state index contributed by atoms with van der Waals surface area (Å²) in [5.41, 5.74) is 5.40. The minimum atomic E-state index is -3.36. The van der Waals surface area contributed by atoms with Crippen LogP contribution in [0.5, 0.6) is 0 Å². The summed E-state index contributed by atoms with van der Waals surface area (Å²) in [5.74, 6) is 0. The molecule has 2 rings (SSSR count). The maximum atomic E-state index is 12.1. The van der Waals surface area contributed by atoms with Gasteiger partial charge >= 0.3 is 0 Å². The lowest BCUT2D eigenvalue weighted by molar-refractivity contribution is 0.464. The zero-order valence-corrected chi connectivity index (χ0v) is 10.7. The van der Waals surface area contributed by atoms with Crippen LogP contribution >= 0.6 is 0 Å². The van der Waals surface area contributed by atoms with Crippen LogP contribution in [0.3, 0.4) is 0 Å². The van der Waals surface area contributed by atoms with E-state index >= 15 is 0 Å². The van der Waals surface area contributed by atoms with Crippen LogP contribution in [0.1, 0.15) is 19.3 Å². The molecule has 6 nitrogen and oxygen atoms in total. The zero-order valence-electron chi connectivity index (χ0n) is 9.91. The van der Waals surface area contributed by atoms with Gasteiger partial charge in [0.15, 0.2) is 0 Å². The highest BCUT2D eigenvalue weighted by Crippen LogP contribution is 2.30. The Labute approximate surface area is 101 Å². The standard InChI is InChI=1S/C10H18N4O2S/c1-13(9-3-4-9)17(15,16)10-7-12-14(8-10)6-2-5-11/h7-9H,2-6,11H2,1H3. The minimum absolute atomic E-state index is 0.174. The number of hydrogen-bond acceptors (Lipinski definition) is 4. The molecule has 0 amide bonds. The lowest BCUT2D eigenvalue weighted by atomic mass is 10.4. The predicted octanol–water partition coefficient (Wildman–Crippen LogP) is 0.0148. The van der Waals surface area contributed by atoms with E-state index in [0.717, 1.165) is 19.3 Å². The molecule has 1 aromatic heterocycles. The second-order valence-corrected chi connectivity index (χ2v) is 6.33. The molecular weight excluding hydrogens is 240 g/mol. The molecule has 1 aliphatic rings. The fourth-order valence-electron chi connectivity index (χ4n) is 1.65. The topological polar surface area (TPSA) is 81.2 Å². The second kappa shape index (κ2) is 4.75. The third-order valence-electron chi connectivity index (χ3n) is 2.94. The van der Waals surface area contributed by atoms with Crippen molar-refractivity contribution in [2.45, 2.75) is 36.7 Å². The van der Waals surface area contributed by atoms with E-state index in [0.29, 0.717) is 13.1 Å². The highest BCUT2D eigenvalue weighted by Gasteiger charge is 2.35. The molecule has 0 bridgehead atoms. The van der Waals surface area contributed by atoms with Gasteiger partial charge < -0.3 is 5.73 Å². The van der Waals surface area contributed by atoms with Crippen LogP contribution in [0.4, 0.5) is 0 Å². The summed E-state index contributed by atoms with van der Waals surface area (Å²) in [4.78, 5) is 0.268. The minimum Gasteiger partial charge on any atom is -0.330 e. The van der Waals surface area contributed by atoms with Gasteiger partial charge in [-0.25, -0.2) is 8.42 Å². The Kier molecular flexibility index (Phi) is 3.50. The van der Waals surface area contributed by atoms with Crippen molar-refractivity contribution in [1.29, 1.82) is 0 Å². The van der Waals surface area contributed by atoms with Gasteiger partial charge in [0.25, 0.3) is 0 Å². The Balaban J connectivity index is 2.12. The van der Waals surface area contributed by atoms with Gasteiger partial charge in [-0.3, -0.25) is 4.68 Å². The monoisotopic (exact) mass is 258 g/mol. The molecule has 96 valence electrons. The van der Waals surface area contributed by atoms with Gasteiger partial charge in [-0.05, 0) is 25.8 Å². The van der Waals surface area contributed by atoms with E-state index in [-0.39, 0.29) is 10.9 Å². The number of aryl methyl sites for hydroxylation is 1. The number of hydrogen-bond donors (Lipinski definition) is 1. The van der Waals surface area contributed by atoms with Gasteiger partial charge in [0, 0.05) is 25.8 Å². The number of nitrogens with two attached hydrogens (primary N) is 1. The summed E-state index contributed by atoms with van der Waals surface area (Å²) in [6, 6.07) is 0.174. The average Bonchev–Trinajstić information content (AvgIpc) is 3.03. The molecule has 0 atom stereocenters. The molecule has 1 fully saturated rings. The van der Waals surface area contributed by atoms with Crippen molar-refractivity contribution < 1.29 is 8.42 Å². The molecule has 0 saturated heterocycles. The Morgan fingerprint density at radius 3 is 2.88 bits per heavy atom. The molecular formula is C10H18N4O2S. The highest BCUT2D eigenvalue weighted by atomic mass is 32.2. The quantitative estimate of drug-likeness (QED) is 0.779. The van der Waals surface area contributed by atoms with Gasteiger partial charge in [-0.2, -0.15) is 9.40 Å². The van der Waals surface area contributed by atoms with E-state index in [1.807, 2.05) is 0 Å². The van der Waals surface area contributed by atoms with E-state index in [4.69, 9.17) is 5.73 Å². The zero-order chi connectivity index (χ0) is 12.5. The first kappa shape index (κ1) is 12.5. The maximum absolute atomic E-state index is 12.1. The summed E-state index contributed by atoms with van der Waals surface area (Å²) in [6.45, 7) is 1.23. The van der Waals surface area contributed by atoms with Gasteiger partial charge in [0.1, 0.15) is 4.90 Å². The van der Waals surface area contributed by atoms with Gasteiger partial charge in [-0.1, -0.05) is 0 Å². The average molecular weight is 258 g/mol. The van der Waals surface area contributed by atoms with Crippen molar-refractivity contribution in [2.24, 2.45) is 5.73 Å². The molecule has 2 N–H and O–H groups in total. The lowest BCUT2D eigenvalue weighted by Crippen LogP contribution is -2.28. The molecule has 0 radical (unpaired) electrons. The van der Waals surface area contributed by atoms with Crippen LogP contribution in [0.15, 0.2) is 17.3 Å². The molecule has 1 saturated carbocycles. The number of sulfonamides is 1.